The minimum Gasteiger partial charge on any atom is -0.455 e. The molecule has 20 heteroatoms. The molecule has 4 aliphatic rings. The van der Waals surface area contributed by atoms with Crippen LogP contribution in [0.3, 0.4) is 0 Å². The zero-order chi connectivity index (χ0) is 41.1. The van der Waals surface area contributed by atoms with Gasteiger partial charge in [-0.15, -0.1) is 0 Å². The van der Waals surface area contributed by atoms with E-state index in [9.17, 15) is 29.4 Å². The molecule has 0 radical (unpaired) electrons. The zero-order valence-electron chi connectivity index (χ0n) is 29.9. The van der Waals surface area contributed by atoms with Crippen molar-refractivity contribution in [2.24, 2.45) is 16.7 Å². The van der Waals surface area contributed by atoms with E-state index in [0.717, 1.165) is 6.92 Å². The average Bonchev–Trinajstić information content (AvgIpc) is 3.07. The first-order valence-electron chi connectivity index (χ1n) is 16.8. The number of hydrogen-bond donors (Lipinski definition) is 2. The van der Waals surface area contributed by atoms with Crippen LogP contribution in [0.5, 0.6) is 0 Å². The van der Waals surface area contributed by atoms with Crippen LogP contribution < -0.4 is 0 Å². The molecule has 9 atom stereocenters. The van der Waals surface area contributed by atoms with E-state index < -0.39 is 116 Å². The second kappa shape index (κ2) is 15.5. The normalized spacial score (nSPS) is 34.0. The van der Waals surface area contributed by atoms with E-state index in [2.05, 4.69) is 0 Å². The summed E-state index contributed by atoms with van der Waals surface area (Å²) in [6.07, 6.45) is -11.9. The summed E-state index contributed by atoms with van der Waals surface area (Å²) in [7, 11) is 0. The summed E-state index contributed by atoms with van der Waals surface area (Å²) in [5.41, 5.74) is -8.11. The monoisotopic (exact) mass is 892 g/mol. The summed E-state index contributed by atoms with van der Waals surface area (Å²) < 4.78 is 35.6. The van der Waals surface area contributed by atoms with Crippen LogP contribution in [0, 0.1) is 16.7 Å². The Morgan fingerprint density at radius 1 is 0.909 bits per heavy atom. The lowest BCUT2D eigenvalue weighted by Crippen LogP contribution is -2.82. The van der Waals surface area contributed by atoms with Crippen molar-refractivity contribution in [3.05, 3.63) is 47.0 Å². The van der Waals surface area contributed by atoms with Crippen molar-refractivity contribution in [3.63, 3.8) is 0 Å². The topological polar surface area (TPSA) is 190 Å². The molecule has 1 aromatic rings. The highest BCUT2D eigenvalue weighted by Crippen LogP contribution is 2.64. The number of alkyl halides is 6. The van der Waals surface area contributed by atoms with E-state index in [0.29, 0.717) is 0 Å². The SMILES string of the molecule is CC(=O)O[C@@]12CO[C@@H]1C[C@H](OC(=O)OCC(Cl)(Cl)Cl)[C@@]1(C)C(=O)[C@H](OC(=O)OCC(Cl)(Cl)Cl)C3=C(C)[C@@H](O)C[C@@](O)([C@@H](OC(=O)c4ccccc4)[C@@H]21)C3(C)C. The molecule has 1 saturated heterocycles. The number of benzene rings is 1. The fraction of sp³-hybridized carbons (Fsp3) is 0.629. The molecule has 5 rings (SSSR count). The number of esters is 2. The van der Waals surface area contributed by atoms with E-state index in [4.69, 9.17) is 103 Å². The minimum atomic E-state index is -2.37. The first-order chi connectivity index (χ1) is 25.3. The summed E-state index contributed by atoms with van der Waals surface area (Å²) >= 11 is 34.7. The number of fused-ring (bicyclic) bond motifs is 5. The number of carbonyl (C=O) groups is 5. The second-order valence-electron chi connectivity index (χ2n) is 14.7. The molecule has 1 aromatic carbocycles. The lowest BCUT2D eigenvalue weighted by Gasteiger charge is -2.67. The van der Waals surface area contributed by atoms with Crippen LogP contribution in [0.25, 0.3) is 0 Å². The molecule has 2 N–H and O–H groups in total. The Kier molecular flexibility index (Phi) is 12.3. The highest BCUT2D eigenvalue weighted by atomic mass is 35.6. The summed E-state index contributed by atoms with van der Waals surface area (Å²) in [5, 5.41) is 24.8. The Morgan fingerprint density at radius 2 is 1.47 bits per heavy atom. The molecule has 55 heavy (non-hydrogen) atoms. The Labute approximate surface area is 345 Å². The summed E-state index contributed by atoms with van der Waals surface area (Å²) in [6.45, 7) is 4.91. The summed E-state index contributed by atoms with van der Waals surface area (Å²) in [5.74, 6) is -4.48. The van der Waals surface area contributed by atoms with Crippen LogP contribution >= 0.6 is 69.6 Å². The maximum atomic E-state index is 15.6. The number of ketones is 1. The average molecular weight is 895 g/mol. The van der Waals surface area contributed by atoms with Gasteiger partial charge < -0.3 is 43.4 Å². The van der Waals surface area contributed by atoms with Gasteiger partial charge in [-0.25, -0.2) is 14.4 Å². The smallest absolute Gasteiger partial charge is 0.455 e. The third-order valence-electron chi connectivity index (χ3n) is 11.1. The lowest BCUT2D eigenvalue weighted by atomic mass is 9.44. The largest absolute Gasteiger partial charge is 0.509 e. The predicted molar refractivity (Wildman–Crippen MR) is 196 cm³/mol. The number of rotatable bonds is 7. The zero-order valence-corrected chi connectivity index (χ0v) is 34.5. The third kappa shape index (κ3) is 8.22. The number of aliphatic hydroxyl groups excluding tert-OH is 1. The molecule has 0 amide bonds. The first-order valence-corrected chi connectivity index (χ1v) is 19.1. The van der Waals surface area contributed by atoms with Gasteiger partial charge >= 0.3 is 24.2 Å². The van der Waals surface area contributed by atoms with Crippen molar-refractivity contribution < 1.29 is 67.3 Å². The number of Topliss-reactive ketones (excluding diaryl/α,β-unsaturated/α-hetero) is 1. The summed E-state index contributed by atoms with van der Waals surface area (Å²) in [6, 6.07) is 7.71. The number of ether oxygens (including phenoxy) is 7. The molecule has 0 aromatic heterocycles. The van der Waals surface area contributed by atoms with E-state index in [1.54, 1.807) is 18.2 Å². The third-order valence-corrected chi connectivity index (χ3v) is 11.7. The van der Waals surface area contributed by atoms with Crippen molar-refractivity contribution in [2.45, 2.75) is 96.8 Å². The Balaban J connectivity index is 1.80. The van der Waals surface area contributed by atoms with Crippen molar-refractivity contribution >= 4 is 99.6 Å². The number of hydrogen-bond acceptors (Lipinski definition) is 14. The minimum absolute atomic E-state index is 0.0436. The molecule has 1 aliphatic heterocycles. The number of halogens is 6. The van der Waals surface area contributed by atoms with Gasteiger partial charge in [0.15, 0.2) is 17.5 Å². The fourth-order valence-electron chi connectivity index (χ4n) is 8.45. The maximum absolute atomic E-state index is 15.6. The molecular formula is C35H38Cl6O14. The predicted octanol–water partition coefficient (Wildman–Crippen LogP) is 6.14. The van der Waals surface area contributed by atoms with Crippen molar-refractivity contribution in [2.75, 3.05) is 19.8 Å². The second-order valence-corrected chi connectivity index (χ2v) is 19.7. The Hall–Kier alpha value is -2.27. The fourth-order valence-corrected chi connectivity index (χ4v) is 8.78. The van der Waals surface area contributed by atoms with Crippen LogP contribution in [0.2, 0.25) is 0 Å². The van der Waals surface area contributed by atoms with E-state index in [-0.39, 0.29) is 29.7 Å². The molecule has 3 aliphatic carbocycles. The maximum Gasteiger partial charge on any atom is 0.509 e. The van der Waals surface area contributed by atoms with E-state index >= 15 is 4.79 Å². The van der Waals surface area contributed by atoms with Crippen molar-refractivity contribution in [1.29, 1.82) is 0 Å². The molecule has 1 heterocycles. The lowest BCUT2D eigenvalue weighted by molar-refractivity contribution is -0.346. The van der Waals surface area contributed by atoms with Gasteiger partial charge in [-0.2, -0.15) is 0 Å². The van der Waals surface area contributed by atoms with Gasteiger partial charge in [-0.05, 0) is 37.1 Å². The van der Waals surface area contributed by atoms with Gasteiger partial charge in [-0.1, -0.05) is 102 Å². The van der Waals surface area contributed by atoms with Gasteiger partial charge in [0.2, 0.25) is 7.59 Å². The quantitative estimate of drug-likeness (QED) is 0.137. The van der Waals surface area contributed by atoms with Crippen LogP contribution in [-0.4, -0.2) is 109 Å². The summed E-state index contributed by atoms with van der Waals surface area (Å²) in [4.78, 5) is 69.2. The Morgan fingerprint density at radius 3 is 1.98 bits per heavy atom. The molecule has 3 fully saturated rings. The van der Waals surface area contributed by atoms with Gasteiger partial charge in [0.1, 0.15) is 37.1 Å². The molecule has 0 unspecified atom stereocenters. The van der Waals surface area contributed by atoms with E-state index in [1.807, 2.05) is 0 Å². The van der Waals surface area contributed by atoms with Gasteiger partial charge in [0.25, 0.3) is 0 Å². The Bertz CT molecular complexity index is 1740. The first kappa shape index (κ1) is 43.8. The van der Waals surface area contributed by atoms with Crippen LogP contribution in [0.1, 0.15) is 57.8 Å². The molecule has 304 valence electrons. The van der Waals surface area contributed by atoms with Crippen LogP contribution in [0.15, 0.2) is 41.5 Å². The molecule has 14 nitrogen and oxygen atoms in total. The highest BCUT2D eigenvalue weighted by Gasteiger charge is 2.79. The van der Waals surface area contributed by atoms with Crippen LogP contribution in [0.4, 0.5) is 9.59 Å². The van der Waals surface area contributed by atoms with Crippen molar-refractivity contribution in [1.82, 2.24) is 0 Å². The molecule has 0 spiro atoms. The molecule has 2 saturated carbocycles. The highest BCUT2D eigenvalue weighted by molar-refractivity contribution is 6.68. The van der Waals surface area contributed by atoms with Gasteiger partial charge in [-0.3, -0.25) is 9.59 Å². The number of carbonyl (C=O) groups excluding carboxylic acids is 5. The standard InChI is InChI=1S/C35H38Cl6O14/c1-16-19(43)12-33(48)26(54-27(45)18-9-7-6-8-10-18)24-31(5,25(44)23(22(16)30(33,3)4)53-29(47)51-15-35(39,40)41)20(52-28(46)50-14-34(36,37)38)11-21-32(24,13-49-21)55-17(2)42/h6-10,19-21,23-24,26,43,48H,11-15H2,1-5H3/t19-,20-,21+,23+,24+,26-,31+,32-,33+/m0/s1. The van der Waals surface area contributed by atoms with Gasteiger partial charge in [0.05, 0.1) is 29.6 Å². The van der Waals surface area contributed by atoms with Crippen LogP contribution in [-0.2, 0) is 42.7 Å². The molecule has 2 bridgehead atoms. The number of aliphatic hydroxyl groups is 2. The van der Waals surface area contributed by atoms with Crippen molar-refractivity contribution in [3.8, 4) is 0 Å². The molecular weight excluding hydrogens is 857 g/mol. The van der Waals surface area contributed by atoms with E-state index in [1.165, 1.54) is 39.8 Å². The van der Waals surface area contributed by atoms with Gasteiger partial charge in [0, 0.05) is 25.2 Å².